The summed E-state index contributed by atoms with van der Waals surface area (Å²) < 4.78 is 5.94. The SMILES string of the molecule is CCCCc1cc2c(=O)c3ccccc3oc2nc1-c1cccc(C)n1. The largest absolute Gasteiger partial charge is 0.437 e. The van der Waals surface area contributed by atoms with E-state index < -0.39 is 0 Å². The summed E-state index contributed by atoms with van der Waals surface area (Å²) >= 11 is 0. The van der Waals surface area contributed by atoms with Crippen molar-refractivity contribution in [2.75, 3.05) is 0 Å². The van der Waals surface area contributed by atoms with Gasteiger partial charge in [0.1, 0.15) is 5.58 Å². The maximum absolute atomic E-state index is 12.9. The van der Waals surface area contributed by atoms with Crippen LogP contribution in [-0.2, 0) is 6.42 Å². The molecule has 4 nitrogen and oxygen atoms in total. The minimum atomic E-state index is -0.0316. The van der Waals surface area contributed by atoms with E-state index in [0.29, 0.717) is 22.1 Å². The van der Waals surface area contributed by atoms with E-state index in [1.54, 1.807) is 12.1 Å². The van der Waals surface area contributed by atoms with E-state index >= 15 is 0 Å². The predicted molar refractivity (Wildman–Crippen MR) is 104 cm³/mol. The number of hydrogen-bond acceptors (Lipinski definition) is 4. The van der Waals surface area contributed by atoms with Gasteiger partial charge < -0.3 is 4.42 Å². The first-order valence-corrected chi connectivity index (χ1v) is 8.97. The molecule has 4 aromatic rings. The van der Waals surface area contributed by atoms with Gasteiger partial charge in [-0.1, -0.05) is 31.5 Å². The third-order valence-corrected chi connectivity index (χ3v) is 4.58. The van der Waals surface area contributed by atoms with Gasteiger partial charge in [0.25, 0.3) is 0 Å². The number of pyridine rings is 2. The Morgan fingerprint density at radius 3 is 2.65 bits per heavy atom. The van der Waals surface area contributed by atoms with Crippen molar-refractivity contribution in [3.63, 3.8) is 0 Å². The van der Waals surface area contributed by atoms with E-state index in [-0.39, 0.29) is 5.43 Å². The van der Waals surface area contributed by atoms with Crippen LogP contribution in [0.1, 0.15) is 31.0 Å². The molecule has 0 fully saturated rings. The van der Waals surface area contributed by atoms with Gasteiger partial charge in [0.05, 0.1) is 22.2 Å². The average Bonchev–Trinajstić information content (AvgIpc) is 2.66. The van der Waals surface area contributed by atoms with E-state index in [2.05, 4.69) is 11.9 Å². The molecule has 0 saturated heterocycles. The van der Waals surface area contributed by atoms with Crippen LogP contribution in [-0.4, -0.2) is 9.97 Å². The number of rotatable bonds is 4. The molecule has 4 rings (SSSR count). The second-order valence-corrected chi connectivity index (χ2v) is 6.54. The predicted octanol–water partition coefficient (Wildman–Crippen LogP) is 5.05. The number of unbranched alkanes of at least 4 members (excludes halogenated alkanes) is 1. The summed E-state index contributed by atoms with van der Waals surface area (Å²) in [6, 6.07) is 15.1. The summed E-state index contributed by atoms with van der Waals surface area (Å²) in [6.45, 7) is 4.12. The minimum Gasteiger partial charge on any atom is -0.437 e. The molecule has 0 aliphatic heterocycles. The lowest BCUT2D eigenvalue weighted by molar-refractivity contribution is 0.644. The highest BCUT2D eigenvalue weighted by molar-refractivity contribution is 5.89. The molecule has 0 radical (unpaired) electrons. The fourth-order valence-corrected chi connectivity index (χ4v) is 3.23. The molecule has 3 heterocycles. The van der Waals surface area contributed by atoms with Crippen molar-refractivity contribution in [3.05, 3.63) is 70.0 Å². The first-order chi connectivity index (χ1) is 12.7. The normalized spacial score (nSPS) is 11.3. The van der Waals surface area contributed by atoms with E-state index in [1.807, 2.05) is 43.3 Å². The molecule has 0 unspecified atom stereocenters. The van der Waals surface area contributed by atoms with Crippen LogP contribution in [0.25, 0.3) is 33.5 Å². The van der Waals surface area contributed by atoms with E-state index in [0.717, 1.165) is 41.9 Å². The fourth-order valence-electron chi connectivity index (χ4n) is 3.23. The number of benzene rings is 1. The summed E-state index contributed by atoms with van der Waals surface area (Å²) in [7, 11) is 0. The molecule has 0 aliphatic carbocycles. The lowest BCUT2D eigenvalue weighted by Crippen LogP contribution is -2.06. The fraction of sp³-hybridized carbons (Fsp3) is 0.227. The van der Waals surface area contributed by atoms with Crippen molar-refractivity contribution in [1.82, 2.24) is 9.97 Å². The van der Waals surface area contributed by atoms with Crippen LogP contribution in [0.3, 0.4) is 0 Å². The summed E-state index contributed by atoms with van der Waals surface area (Å²) in [4.78, 5) is 22.2. The third kappa shape index (κ3) is 2.88. The van der Waals surface area contributed by atoms with Gasteiger partial charge in [0, 0.05) is 5.69 Å². The van der Waals surface area contributed by atoms with Gasteiger partial charge in [-0.05, 0) is 55.7 Å². The van der Waals surface area contributed by atoms with Crippen LogP contribution in [0.5, 0.6) is 0 Å². The monoisotopic (exact) mass is 344 g/mol. The molecule has 4 heteroatoms. The molecule has 0 spiro atoms. The van der Waals surface area contributed by atoms with Crippen LogP contribution in [0.2, 0.25) is 0 Å². The van der Waals surface area contributed by atoms with E-state index in [4.69, 9.17) is 9.40 Å². The van der Waals surface area contributed by atoms with E-state index in [9.17, 15) is 4.79 Å². The molecule has 0 amide bonds. The van der Waals surface area contributed by atoms with E-state index in [1.165, 1.54) is 0 Å². The molecule has 0 bridgehead atoms. The van der Waals surface area contributed by atoms with Gasteiger partial charge in [-0.15, -0.1) is 0 Å². The van der Waals surface area contributed by atoms with Crippen LogP contribution in [0.15, 0.2) is 57.7 Å². The van der Waals surface area contributed by atoms with Gasteiger partial charge in [0.15, 0.2) is 0 Å². The maximum Gasteiger partial charge on any atom is 0.231 e. The number of nitrogens with zero attached hydrogens (tertiary/aromatic N) is 2. The number of hydrogen-bond donors (Lipinski definition) is 0. The molecule has 0 N–H and O–H groups in total. The first-order valence-electron chi connectivity index (χ1n) is 8.97. The number of aromatic nitrogens is 2. The topological polar surface area (TPSA) is 56.0 Å². The maximum atomic E-state index is 12.9. The van der Waals surface area contributed by atoms with Crippen molar-refractivity contribution in [3.8, 4) is 11.4 Å². The number of para-hydroxylation sites is 1. The Bertz CT molecular complexity index is 1160. The zero-order chi connectivity index (χ0) is 18.1. The van der Waals surface area contributed by atoms with Crippen LogP contribution >= 0.6 is 0 Å². The van der Waals surface area contributed by atoms with Crippen molar-refractivity contribution in [2.45, 2.75) is 33.1 Å². The van der Waals surface area contributed by atoms with Gasteiger partial charge in [-0.25, -0.2) is 4.98 Å². The Hall–Kier alpha value is -3.01. The smallest absolute Gasteiger partial charge is 0.231 e. The van der Waals surface area contributed by atoms with Gasteiger partial charge >= 0.3 is 0 Å². The van der Waals surface area contributed by atoms with Gasteiger partial charge in [-0.3, -0.25) is 9.78 Å². The Morgan fingerprint density at radius 2 is 1.85 bits per heavy atom. The highest BCUT2D eigenvalue weighted by Crippen LogP contribution is 2.26. The molecule has 130 valence electrons. The summed E-state index contributed by atoms with van der Waals surface area (Å²) in [6.07, 6.45) is 2.96. The average molecular weight is 344 g/mol. The Balaban J connectivity index is 2.03. The highest BCUT2D eigenvalue weighted by Gasteiger charge is 2.15. The lowest BCUT2D eigenvalue weighted by Gasteiger charge is -2.10. The number of fused-ring (bicyclic) bond motifs is 2. The Labute approximate surface area is 151 Å². The molecule has 0 atom stereocenters. The first kappa shape index (κ1) is 16.5. The Kier molecular flexibility index (Phi) is 4.25. The summed E-state index contributed by atoms with van der Waals surface area (Å²) in [5.74, 6) is 0. The molecule has 3 aromatic heterocycles. The summed E-state index contributed by atoms with van der Waals surface area (Å²) in [5, 5.41) is 1.12. The van der Waals surface area contributed by atoms with Gasteiger partial charge in [-0.2, -0.15) is 0 Å². The standard InChI is InChI=1S/C22H20N2O2/c1-3-4-9-15-13-17-21(25)16-10-5-6-12-19(16)26-22(17)24-20(15)18-11-7-8-14(2)23-18/h5-8,10-13H,3-4,9H2,1-2H3. The van der Waals surface area contributed by atoms with Crippen LogP contribution in [0, 0.1) is 6.92 Å². The minimum absolute atomic E-state index is 0.0316. The molecular weight excluding hydrogens is 324 g/mol. The zero-order valence-corrected chi connectivity index (χ0v) is 15.0. The molecule has 1 aromatic carbocycles. The molecular formula is C22H20N2O2. The second-order valence-electron chi connectivity index (χ2n) is 6.54. The highest BCUT2D eigenvalue weighted by atomic mass is 16.3. The van der Waals surface area contributed by atoms with Crippen molar-refractivity contribution in [2.24, 2.45) is 0 Å². The van der Waals surface area contributed by atoms with Gasteiger partial charge in [0.2, 0.25) is 11.1 Å². The molecule has 0 aliphatic rings. The van der Waals surface area contributed by atoms with Crippen molar-refractivity contribution >= 4 is 22.1 Å². The van der Waals surface area contributed by atoms with Crippen LogP contribution in [0.4, 0.5) is 0 Å². The zero-order valence-electron chi connectivity index (χ0n) is 15.0. The van der Waals surface area contributed by atoms with Crippen molar-refractivity contribution in [1.29, 1.82) is 0 Å². The molecule has 0 saturated carbocycles. The van der Waals surface area contributed by atoms with Crippen molar-refractivity contribution < 1.29 is 4.42 Å². The third-order valence-electron chi connectivity index (χ3n) is 4.58. The number of aryl methyl sites for hydroxylation is 2. The Morgan fingerprint density at radius 1 is 1.00 bits per heavy atom. The quantitative estimate of drug-likeness (QED) is 0.486. The summed E-state index contributed by atoms with van der Waals surface area (Å²) in [5.41, 5.74) is 4.48. The van der Waals surface area contributed by atoms with Crippen LogP contribution < -0.4 is 5.43 Å². The molecule has 26 heavy (non-hydrogen) atoms. The second kappa shape index (κ2) is 6.71. The lowest BCUT2D eigenvalue weighted by atomic mass is 10.0.